The topological polar surface area (TPSA) is 93.6 Å². The lowest BCUT2D eigenvalue weighted by Crippen LogP contribution is -2.57. The van der Waals surface area contributed by atoms with E-state index in [-0.39, 0.29) is 18.0 Å². The van der Waals surface area contributed by atoms with Crippen LogP contribution in [0.15, 0.2) is 54.6 Å². The number of anilines is 1. The zero-order chi connectivity index (χ0) is 26.0. The van der Waals surface area contributed by atoms with E-state index in [0.29, 0.717) is 44.7 Å². The number of carboxylic acid groups (broad SMARTS) is 1. The number of rotatable bonds is 5. The molecule has 5 rings (SSSR count). The highest BCUT2D eigenvalue weighted by Gasteiger charge is 2.54. The Morgan fingerprint density at radius 2 is 1.70 bits per heavy atom. The summed E-state index contributed by atoms with van der Waals surface area (Å²) in [5.41, 5.74) is 1.52. The van der Waals surface area contributed by atoms with Crippen molar-refractivity contribution in [3.05, 3.63) is 65.7 Å². The van der Waals surface area contributed by atoms with Crippen LogP contribution in [0.5, 0.6) is 0 Å². The lowest BCUT2D eigenvalue weighted by molar-refractivity contribution is -0.134. The highest BCUT2D eigenvalue weighted by molar-refractivity contribution is 5.94. The third kappa shape index (κ3) is 5.13. The highest BCUT2D eigenvalue weighted by atomic mass is 16.5. The van der Waals surface area contributed by atoms with E-state index in [1.54, 1.807) is 6.07 Å². The minimum Gasteiger partial charge on any atom is -0.465 e. The van der Waals surface area contributed by atoms with E-state index >= 15 is 0 Å². The number of amides is 2. The Balaban J connectivity index is 1.32. The summed E-state index contributed by atoms with van der Waals surface area (Å²) >= 11 is 0. The van der Waals surface area contributed by atoms with E-state index in [9.17, 15) is 19.5 Å². The zero-order valence-corrected chi connectivity index (χ0v) is 21.2. The maximum Gasteiger partial charge on any atom is 0.407 e. The van der Waals surface area contributed by atoms with Gasteiger partial charge in [-0.05, 0) is 62.6 Å². The Labute approximate surface area is 217 Å². The Kier molecular flexibility index (Phi) is 7.06. The highest BCUT2D eigenvalue weighted by Crippen LogP contribution is 2.40. The van der Waals surface area contributed by atoms with Gasteiger partial charge in [-0.3, -0.25) is 4.79 Å². The number of likely N-dealkylation sites (tertiary alicyclic amines) is 2. The quantitative estimate of drug-likeness (QED) is 0.622. The van der Waals surface area contributed by atoms with Crippen molar-refractivity contribution in [3.63, 3.8) is 0 Å². The summed E-state index contributed by atoms with van der Waals surface area (Å²) < 4.78 is 5.76. The van der Waals surface area contributed by atoms with Crippen LogP contribution >= 0.6 is 0 Å². The molecule has 3 saturated heterocycles. The molecular weight excluding hydrogens is 472 g/mol. The van der Waals surface area contributed by atoms with Gasteiger partial charge < -0.3 is 29.4 Å². The van der Waals surface area contributed by atoms with Crippen LogP contribution in [0.3, 0.4) is 0 Å². The molecule has 3 aliphatic heterocycles. The number of piperidine rings is 2. The number of carbonyl (C=O) groups excluding carboxylic acids is 2. The predicted molar refractivity (Wildman–Crippen MR) is 138 cm³/mol. The maximum atomic E-state index is 13.9. The summed E-state index contributed by atoms with van der Waals surface area (Å²) in [5.74, 6) is -0.326. The van der Waals surface area contributed by atoms with Crippen LogP contribution in [0.4, 0.5) is 10.5 Å². The van der Waals surface area contributed by atoms with Gasteiger partial charge in [0.15, 0.2) is 0 Å². The normalized spacial score (nSPS) is 20.5. The Bertz CT molecular complexity index is 1140. The van der Waals surface area contributed by atoms with E-state index < -0.39 is 11.6 Å². The molecule has 0 radical (unpaired) electrons. The molecule has 0 aliphatic carbocycles. The van der Waals surface area contributed by atoms with E-state index in [1.807, 2.05) is 53.4 Å². The Morgan fingerprint density at radius 3 is 2.38 bits per heavy atom. The third-order valence-corrected chi connectivity index (χ3v) is 7.92. The van der Waals surface area contributed by atoms with Crippen LogP contribution in [0, 0.1) is 0 Å². The molecule has 2 aromatic rings. The van der Waals surface area contributed by atoms with Gasteiger partial charge in [0.2, 0.25) is 5.91 Å². The number of ether oxygens (including phenoxy) is 1. The predicted octanol–water partition coefficient (Wildman–Crippen LogP) is 3.26. The molecule has 2 aromatic carbocycles. The SMILES string of the molecule is CN1CCC(OC(=O)c2cccc(CN3CN(c4ccccc4)C4(CCN(C(=O)O)CC4)C3=O)c2)CC1. The first-order valence-corrected chi connectivity index (χ1v) is 12.9. The number of nitrogens with zero attached hydrogens (tertiary/aromatic N) is 4. The van der Waals surface area contributed by atoms with Crippen molar-refractivity contribution >= 4 is 23.7 Å². The number of hydrogen-bond donors (Lipinski definition) is 1. The van der Waals surface area contributed by atoms with E-state index in [2.05, 4.69) is 16.8 Å². The average molecular weight is 507 g/mol. The molecule has 0 aromatic heterocycles. The molecule has 0 saturated carbocycles. The molecular formula is C28H34N4O5. The van der Waals surface area contributed by atoms with E-state index in [1.165, 1.54) is 4.90 Å². The van der Waals surface area contributed by atoms with E-state index in [4.69, 9.17) is 4.74 Å². The van der Waals surface area contributed by atoms with Crippen molar-refractivity contribution in [2.24, 2.45) is 0 Å². The summed E-state index contributed by atoms with van der Waals surface area (Å²) in [6.45, 7) is 3.23. The van der Waals surface area contributed by atoms with Crippen molar-refractivity contribution in [3.8, 4) is 0 Å². The van der Waals surface area contributed by atoms with Crippen molar-refractivity contribution < 1.29 is 24.2 Å². The van der Waals surface area contributed by atoms with Crippen molar-refractivity contribution in [1.82, 2.24) is 14.7 Å². The summed E-state index contributed by atoms with van der Waals surface area (Å²) in [7, 11) is 2.07. The smallest absolute Gasteiger partial charge is 0.407 e. The number of benzene rings is 2. The van der Waals surface area contributed by atoms with E-state index in [0.717, 1.165) is 37.2 Å². The Morgan fingerprint density at radius 1 is 1.00 bits per heavy atom. The first-order valence-electron chi connectivity index (χ1n) is 12.9. The second kappa shape index (κ2) is 10.4. The lowest BCUT2D eigenvalue weighted by Gasteiger charge is -2.42. The molecule has 1 N–H and O–H groups in total. The molecule has 9 nitrogen and oxygen atoms in total. The standard InChI is InChI=1S/C28H34N4O5/c1-29-14-10-24(11-15-29)37-25(33)22-7-5-6-21(18-22)19-31-20-32(23-8-3-2-4-9-23)28(26(31)34)12-16-30(17-13-28)27(35)36/h2-9,18,24H,10-17,19-20H2,1H3,(H,35,36). The minimum atomic E-state index is -0.952. The van der Waals surface area contributed by atoms with Crippen molar-refractivity contribution in [2.75, 3.05) is 44.8 Å². The van der Waals surface area contributed by atoms with Crippen LogP contribution in [-0.4, -0.2) is 89.3 Å². The summed E-state index contributed by atoms with van der Waals surface area (Å²) in [5, 5.41) is 9.43. The van der Waals surface area contributed by atoms with Crippen LogP contribution < -0.4 is 4.90 Å². The number of esters is 1. The van der Waals surface area contributed by atoms with Gasteiger partial charge in [-0.25, -0.2) is 9.59 Å². The molecule has 0 bridgehead atoms. The van der Waals surface area contributed by atoms with Gasteiger partial charge in [0.1, 0.15) is 11.6 Å². The molecule has 0 atom stereocenters. The number of carbonyl (C=O) groups is 3. The minimum absolute atomic E-state index is 0.000645. The molecule has 0 unspecified atom stereocenters. The average Bonchev–Trinajstić information content (AvgIpc) is 3.17. The number of para-hydroxylation sites is 1. The van der Waals surface area contributed by atoms with Crippen LogP contribution in [0.25, 0.3) is 0 Å². The third-order valence-electron chi connectivity index (χ3n) is 7.92. The maximum absolute atomic E-state index is 13.9. The largest absolute Gasteiger partial charge is 0.465 e. The molecule has 9 heteroatoms. The zero-order valence-electron chi connectivity index (χ0n) is 21.2. The molecule has 196 valence electrons. The van der Waals surface area contributed by atoms with Gasteiger partial charge in [-0.2, -0.15) is 0 Å². The molecule has 3 aliphatic rings. The van der Waals surface area contributed by atoms with Crippen LogP contribution in [-0.2, 0) is 16.1 Å². The van der Waals surface area contributed by atoms with Gasteiger partial charge >= 0.3 is 12.1 Å². The molecule has 3 heterocycles. The van der Waals surface area contributed by atoms with Crippen molar-refractivity contribution in [2.45, 2.75) is 43.9 Å². The second-order valence-electron chi connectivity index (χ2n) is 10.3. The molecule has 3 fully saturated rings. The van der Waals surface area contributed by atoms with Gasteiger partial charge in [0, 0.05) is 38.4 Å². The van der Waals surface area contributed by atoms with Gasteiger partial charge in [0.25, 0.3) is 0 Å². The van der Waals surface area contributed by atoms with Gasteiger partial charge in [-0.1, -0.05) is 30.3 Å². The molecule has 2 amide bonds. The number of hydrogen-bond acceptors (Lipinski definition) is 6. The Hall–Kier alpha value is -3.59. The first kappa shape index (κ1) is 25.1. The summed E-state index contributed by atoms with van der Waals surface area (Å²) in [6, 6.07) is 17.1. The van der Waals surface area contributed by atoms with Crippen LogP contribution in [0.2, 0.25) is 0 Å². The van der Waals surface area contributed by atoms with Gasteiger partial charge in [0.05, 0.1) is 12.2 Å². The lowest BCUT2D eigenvalue weighted by atomic mass is 9.85. The fourth-order valence-corrected chi connectivity index (χ4v) is 5.73. The van der Waals surface area contributed by atoms with Crippen molar-refractivity contribution in [1.29, 1.82) is 0 Å². The summed E-state index contributed by atoms with van der Waals surface area (Å²) in [4.78, 5) is 45.8. The molecule has 37 heavy (non-hydrogen) atoms. The fourth-order valence-electron chi connectivity index (χ4n) is 5.73. The monoisotopic (exact) mass is 506 g/mol. The summed E-state index contributed by atoms with van der Waals surface area (Å²) in [6.07, 6.45) is 1.52. The van der Waals surface area contributed by atoms with Gasteiger partial charge in [-0.15, -0.1) is 0 Å². The first-order chi connectivity index (χ1) is 17.9. The molecule has 1 spiro atoms. The second-order valence-corrected chi connectivity index (χ2v) is 10.3. The van der Waals surface area contributed by atoms with Crippen LogP contribution in [0.1, 0.15) is 41.6 Å². The fraction of sp³-hybridized carbons (Fsp3) is 0.464.